The molecule has 0 unspecified atom stereocenters. The first-order valence-electron chi connectivity index (χ1n) is 4.67. The van der Waals surface area contributed by atoms with E-state index in [1.165, 1.54) is 15.8 Å². The number of rotatable bonds is 3. The summed E-state index contributed by atoms with van der Waals surface area (Å²) in [7, 11) is -0.891. The zero-order chi connectivity index (χ0) is 9.90. The van der Waals surface area contributed by atoms with Crippen LogP contribution < -0.4 is 0 Å². The van der Waals surface area contributed by atoms with Crippen LogP contribution in [0.1, 0.15) is 5.56 Å². The first-order chi connectivity index (χ1) is 5.97. The highest BCUT2D eigenvalue weighted by molar-refractivity contribution is 8.01. The van der Waals surface area contributed by atoms with Crippen molar-refractivity contribution in [3.8, 4) is 0 Å². The molecule has 1 aromatic carbocycles. The van der Waals surface area contributed by atoms with E-state index < -0.39 is 8.07 Å². The largest absolute Gasteiger partial charge is 0.129 e. The lowest BCUT2D eigenvalue weighted by Crippen LogP contribution is -2.23. The molecule has 1 rings (SSSR count). The summed E-state index contributed by atoms with van der Waals surface area (Å²) >= 11 is 2.00. The van der Waals surface area contributed by atoms with Gasteiger partial charge >= 0.3 is 0 Å². The van der Waals surface area contributed by atoms with Gasteiger partial charge in [-0.1, -0.05) is 37.3 Å². The summed E-state index contributed by atoms with van der Waals surface area (Å²) in [5, 5.41) is 1.32. The quantitative estimate of drug-likeness (QED) is 0.537. The highest BCUT2D eigenvalue weighted by atomic mass is 32.2. The SMILES string of the molecule is Cc1ccc(SC[Si](C)(C)C)cc1. The fraction of sp³-hybridized carbons (Fsp3) is 0.455. The molecule has 0 bridgehead atoms. The molecular weight excluding hydrogens is 192 g/mol. The van der Waals surface area contributed by atoms with E-state index >= 15 is 0 Å². The van der Waals surface area contributed by atoms with Gasteiger partial charge in [-0.25, -0.2) is 0 Å². The van der Waals surface area contributed by atoms with Gasteiger partial charge in [-0.2, -0.15) is 0 Å². The summed E-state index contributed by atoms with van der Waals surface area (Å²) in [4.78, 5) is 1.41. The number of benzene rings is 1. The highest BCUT2D eigenvalue weighted by Gasteiger charge is 2.12. The zero-order valence-corrected chi connectivity index (χ0v) is 10.7. The summed E-state index contributed by atoms with van der Waals surface area (Å²) in [5.74, 6) is 0. The monoisotopic (exact) mass is 210 g/mol. The minimum atomic E-state index is -0.891. The van der Waals surface area contributed by atoms with Gasteiger partial charge in [-0.3, -0.25) is 0 Å². The van der Waals surface area contributed by atoms with Crippen LogP contribution in [0.4, 0.5) is 0 Å². The van der Waals surface area contributed by atoms with Crippen LogP contribution in [-0.4, -0.2) is 13.5 Å². The molecule has 0 saturated heterocycles. The lowest BCUT2D eigenvalue weighted by atomic mass is 10.2. The third kappa shape index (κ3) is 4.53. The average Bonchev–Trinajstić information content (AvgIpc) is 2.02. The van der Waals surface area contributed by atoms with Gasteiger partial charge in [0.2, 0.25) is 0 Å². The molecule has 0 radical (unpaired) electrons. The van der Waals surface area contributed by atoms with E-state index in [0.717, 1.165) is 0 Å². The predicted molar refractivity (Wildman–Crippen MR) is 65.2 cm³/mol. The number of hydrogen-bond acceptors (Lipinski definition) is 1. The molecule has 0 aliphatic carbocycles. The van der Waals surface area contributed by atoms with E-state index in [0.29, 0.717) is 0 Å². The van der Waals surface area contributed by atoms with Gasteiger partial charge in [0.05, 0.1) is 8.07 Å². The highest BCUT2D eigenvalue weighted by Crippen LogP contribution is 2.21. The van der Waals surface area contributed by atoms with Crippen molar-refractivity contribution in [2.24, 2.45) is 0 Å². The van der Waals surface area contributed by atoms with Crippen molar-refractivity contribution in [1.82, 2.24) is 0 Å². The molecule has 0 saturated carbocycles. The second-order valence-electron chi connectivity index (χ2n) is 4.66. The maximum absolute atomic E-state index is 2.41. The smallest absolute Gasteiger partial charge is 0.0552 e. The van der Waals surface area contributed by atoms with Crippen molar-refractivity contribution in [2.45, 2.75) is 31.5 Å². The number of aryl methyl sites for hydroxylation is 1. The zero-order valence-electron chi connectivity index (χ0n) is 8.92. The second kappa shape index (κ2) is 4.34. The van der Waals surface area contributed by atoms with E-state index in [1.54, 1.807) is 0 Å². The molecule has 0 aromatic heterocycles. The van der Waals surface area contributed by atoms with E-state index in [9.17, 15) is 0 Å². The van der Waals surface area contributed by atoms with Crippen LogP contribution >= 0.6 is 11.8 Å². The predicted octanol–water partition coefficient (Wildman–Crippen LogP) is 3.96. The maximum Gasteiger partial charge on any atom is 0.0552 e. The molecule has 1 aromatic rings. The third-order valence-corrected chi connectivity index (χ3v) is 6.34. The normalized spacial score (nSPS) is 11.7. The summed E-state index contributed by atoms with van der Waals surface area (Å²) in [6, 6.07) is 8.82. The topological polar surface area (TPSA) is 0 Å². The van der Waals surface area contributed by atoms with Crippen LogP contribution in [0.25, 0.3) is 0 Å². The minimum Gasteiger partial charge on any atom is -0.129 e. The number of hydrogen-bond donors (Lipinski definition) is 0. The van der Waals surface area contributed by atoms with Crippen molar-refractivity contribution in [3.63, 3.8) is 0 Å². The lowest BCUT2D eigenvalue weighted by Gasteiger charge is -2.14. The van der Waals surface area contributed by atoms with Crippen molar-refractivity contribution in [2.75, 3.05) is 5.38 Å². The molecule has 72 valence electrons. The van der Waals surface area contributed by atoms with Crippen LogP contribution in [0.5, 0.6) is 0 Å². The molecule has 0 aliphatic heterocycles. The van der Waals surface area contributed by atoms with E-state index in [1.807, 2.05) is 11.8 Å². The molecule has 0 heterocycles. The Labute approximate surface area is 86.8 Å². The fourth-order valence-electron chi connectivity index (χ4n) is 0.934. The summed E-state index contributed by atoms with van der Waals surface area (Å²) in [5.41, 5.74) is 1.34. The van der Waals surface area contributed by atoms with Gasteiger partial charge in [0.15, 0.2) is 0 Å². The number of thioether (sulfide) groups is 1. The van der Waals surface area contributed by atoms with Gasteiger partial charge < -0.3 is 0 Å². The van der Waals surface area contributed by atoms with E-state index in [4.69, 9.17) is 0 Å². The third-order valence-electron chi connectivity index (χ3n) is 1.69. The van der Waals surface area contributed by atoms with Crippen molar-refractivity contribution in [1.29, 1.82) is 0 Å². The van der Waals surface area contributed by atoms with Crippen LogP contribution in [0, 0.1) is 6.92 Å². The Kier molecular flexibility index (Phi) is 3.62. The van der Waals surface area contributed by atoms with Crippen LogP contribution in [0.3, 0.4) is 0 Å². The maximum atomic E-state index is 2.41. The van der Waals surface area contributed by atoms with Crippen LogP contribution in [-0.2, 0) is 0 Å². The van der Waals surface area contributed by atoms with Crippen LogP contribution in [0.2, 0.25) is 19.6 Å². The van der Waals surface area contributed by atoms with Gasteiger partial charge in [0.25, 0.3) is 0 Å². The molecule has 0 amide bonds. The Balaban J connectivity index is 2.51. The average molecular weight is 210 g/mol. The Hall–Kier alpha value is -0.213. The Morgan fingerprint density at radius 2 is 1.62 bits per heavy atom. The molecule has 13 heavy (non-hydrogen) atoms. The molecule has 2 heteroatoms. The van der Waals surface area contributed by atoms with Gasteiger partial charge in [-0.15, -0.1) is 11.8 Å². The summed E-state index contributed by atoms with van der Waals surface area (Å²) < 4.78 is 0. The van der Waals surface area contributed by atoms with Crippen molar-refractivity contribution in [3.05, 3.63) is 29.8 Å². The Morgan fingerprint density at radius 1 is 1.08 bits per heavy atom. The fourth-order valence-corrected chi connectivity index (χ4v) is 3.66. The van der Waals surface area contributed by atoms with Crippen molar-refractivity contribution < 1.29 is 0 Å². The second-order valence-corrected chi connectivity index (χ2v) is 11.7. The first-order valence-corrected chi connectivity index (χ1v) is 9.36. The molecule has 0 atom stereocenters. The molecule has 0 nitrogen and oxygen atoms in total. The van der Waals surface area contributed by atoms with Crippen LogP contribution in [0.15, 0.2) is 29.2 Å². The molecule has 0 spiro atoms. The van der Waals surface area contributed by atoms with E-state index in [2.05, 4.69) is 50.8 Å². The Bertz CT molecular complexity index is 258. The minimum absolute atomic E-state index is 0.891. The standard InChI is InChI=1S/C11H18SSi/c1-10-5-7-11(8-6-10)12-9-13(2,3)4/h5-8H,9H2,1-4H3. The van der Waals surface area contributed by atoms with Gasteiger partial charge in [-0.05, 0) is 24.4 Å². The molecule has 0 N–H and O–H groups in total. The van der Waals surface area contributed by atoms with Gasteiger partial charge in [0, 0.05) is 4.90 Å². The Morgan fingerprint density at radius 3 is 2.08 bits per heavy atom. The molecule has 0 fully saturated rings. The molecular formula is C11H18SSi. The van der Waals surface area contributed by atoms with Gasteiger partial charge in [0.1, 0.15) is 0 Å². The molecule has 0 aliphatic rings. The van der Waals surface area contributed by atoms with E-state index in [-0.39, 0.29) is 0 Å². The lowest BCUT2D eigenvalue weighted by molar-refractivity contribution is 1.38. The summed E-state index contributed by atoms with van der Waals surface area (Å²) in [6.07, 6.45) is 0. The van der Waals surface area contributed by atoms with Crippen molar-refractivity contribution >= 4 is 19.8 Å². The summed E-state index contributed by atoms with van der Waals surface area (Å²) in [6.45, 7) is 9.36. The first kappa shape index (κ1) is 10.9.